The number of carboxylic acids is 1. The van der Waals surface area contributed by atoms with E-state index in [1.54, 1.807) is 13.8 Å². The highest BCUT2D eigenvalue weighted by Crippen LogP contribution is 2.33. The summed E-state index contributed by atoms with van der Waals surface area (Å²) in [7, 11) is 2.07. The second kappa shape index (κ2) is 5.83. The lowest BCUT2D eigenvalue weighted by molar-refractivity contribution is -0.144. The van der Waals surface area contributed by atoms with Gasteiger partial charge >= 0.3 is 5.97 Å². The minimum Gasteiger partial charge on any atom is -0.481 e. The van der Waals surface area contributed by atoms with Crippen molar-refractivity contribution in [3.63, 3.8) is 0 Å². The molecule has 1 aliphatic rings. The van der Waals surface area contributed by atoms with Crippen LogP contribution in [0.3, 0.4) is 0 Å². The topological polar surface area (TPSA) is 60.8 Å². The zero-order valence-electron chi connectivity index (χ0n) is 12.3. The predicted octanol–water partition coefficient (Wildman–Crippen LogP) is 2.46. The maximum Gasteiger partial charge on any atom is 0.306 e. The molecule has 110 valence electrons. The first-order chi connectivity index (χ1) is 9.41. The molecule has 0 aromatic heterocycles. The molecule has 0 spiro atoms. The van der Waals surface area contributed by atoms with E-state index in [1.165, 1.54) is 11.3 Å². The lowest BCUT2D eigenvalue weighted by Gasteiger charge is -2.29. The summed E-state index contributed by atoms with van der Waals surface area (Å²) >= 11 is 0. The summed E-state index contributed by atoms with van der Waals surface area (Å²) < 4.78 is 0. The van der Waals surface area contributed by atoms with Crippen molar-refractivity contribution in [3.8, 4) is 0 Å². The van der Waals surface area contributed by atoms with Gasteiger partial charge in [0, 0.05) is 19.3 Å². The zero-order chi connectivity index (χ0) is 14.9. The Morgan fingerprint density at radius 3 is 2.70 bits per heavy atom. The molecule has 0 saturated carbocycles. The SMILES string of the molecule is CC(C(=O)O)C(C)C(O)c1ccc2c(c1)CCCN2C. The summed E-state index contributed by atoms with van der Waals surface area (Å²) in [5, 5.41) is 19.5. The van der Waals surface area contributed by atoms with Gasteiger partial charge in [-0.3, -0.25) is 4.79 Å². The van der Waals surface area contributed by atoms with E-state index in [-0.39, 0.29) is 5.92 Å². The van der Waals surface area contributed by atoms with Crippen molar-refractivity contribution in [3.05, 3.63) is 29.3 Å². The van der Waals surface area contributed by atoms with E-state index in [0.717, 1.165) is 24.9 Å². The van der Waals surface area contributed by atoms with Gasteiger partial charge < -0.3 is 15.1 Å². The predicted molar refractivity (Wildman–Crippen MR) is 79.0 cm³/mol. The summed E-state index contributed by atoms with van der Waals surface area (Å²) in [6.45, 7) is 4.48. The number of aliphatic hydroxyl groups is 1. The van der Waals surface area contributed by atoms with Gasteiger partial charge in [0.2, 0.25) is 0 Å². The lowest BCUT2D eigenvalue weighted by atomic mass is 9.86. The minimum absolute atomic E-state index is 0.313. The van der Waals surface area contributed by atoms with Crippen LogP contribution in [0.1, 0.15) is 37.5 Å². The van der Waals surface area contributed by atoms with Gasteiger partial charge in [-0.05, 0) is 36.0 Å². The number of rotatable bonds is 4. The second-order valence-corrected chi connectivity index (χ2v) is 5.84. The van der Waals surface area contributed by atoms with Crippen LogP contribution in [0.5, 0.6) is 0 Å². The van der Waals surface area contributed by atoms with Gasteiger partial charge in [-0.15, -0.1) is 0 Å². The fourth-order valence-corrected chi connectivity index (χ4v) is 2.79. The summed E-state index contributed by atoms with van der Waals surface area (Å²) in [4.78, 5) is 13.3. The van der Waals surface area contributed by atoms with Gasteiger partial charge in [0.1, 0.15) is 0 Å². The molecule has 4 heteroatoms. The van der Waals surface area contributed by atoms with E-state index >= 15 is 0 Å². The number of hydrogen-bond acceptors (Lipinski definition) is 3. The molecular formula is C16H23NO3. The fourth-order valence-electron chi connectivity index (χ4n) is 2.79. The molecule has 1 aromatic carbocycles. The van der Waals surface area contributed by atoms with Crippen LogP contribution in [-0.2, 0) is 11.2 Å². The molecule has 20 heavy (non-hydrogen) atoms. The van der Waals surface area contributed by atoms with Crippen molar-refractivity contribution in [2.45, 2.75) is 32.8 Å². The molecule has 4 nitrogen and oxygen atoms in total. The van der Waals surface area contributed by atoms with E-state index in [2.05, 4.69) is 11.9 Å². The zero-order valence-corrected chi connectivity index (χ0v) is 12.3. The summed E-state index contributed by atoms with van der Waals surface area (Å²) in [5.41, 5.74) is 3.27. The van der Waals surface area contributed by atoms with Gasteiger partial charge in [-0.25, -0.2) is 0 Å². The van der Waals surface area contributed by atoms with Crippen LogP contribution in [0, 0.1) is 11.8 Å². The maximum atomic E-state index is 11.0. The maximum absolute atomic E-state index is 11.0. The van der Waals surface area contributed by atoms with Crippen molar-refractivity contribution in [2.24, 2.45) is 11.8 Å². The smallest absolute Gasteiger partial charge is 0.306 e. The summed E-state index contributed by atoms with van der Waals surface area (Å²) in [6, 6.07) is 5.97. The van der Waals surface area contributed by atoms with Gasteiger partial charge in [-0.1, -0.05) is 26.0 Å². The molecule has 0 fully saturated rings. The van der Waals surface area contributed by atoms with E-state index in [1.807, 2.05) is 18.2 Å². The Kier molecular flexibility index (Phi) is 4.33. The summed E-state index contributed by atoms with van der Waals surface area (Å²) in [5.74, 6) is -1.75. The van der Waals surface area contributed by atoms with Gasteiger partial charge in [0.15, 0.2) is 0 Å². The largest absolute Gasteiger partial charge is 0.481 e. The van der Waals surface area contributed by atoms with E-state index < -0.39 is 18.0 Å². The molecule has 0 amide bonds. The van der Waals surface area contributed by atoms with Gasteiger partial charge in [0.05, 0.1) is 12.0 Å². The molecule has 0 bridgehead atoms. The Morgan fingerprint density at radius 1 is 1.35 bits per heavy atom. The molecule has 0 aliphatic carbocycles. The van der Waals surface area contributed by atoms with Crippen LogP contribution in [0.15, 0.2) is 18.2 Å². The fraction of sp³-hybridized carbons (Fsp3) is 0.562. The Bertz CT molecular complexity index is 500. The molecular weight excluding hydrogens is 254 g/mol. The number of benzene rings is 1. The molecule has 1 aromatic rings. The van der Waals surface area contributed by atoms with Crippen molar-refractivity contribution in [1.29, 1.82) is 0 Å². The quantitative estimate of drug-likeness (QED) is 0.887. The van der Waals surface area contributed by atoms with Crippen molar-refractivity contribution in [2.75, 3.05) is 18.5 Å². The number of hydrogen-bond donors (Lipinski definition) is 2. The first-order valence-corrected chi connectivity index (χ1v) is 7.16. The van der Waals surface area contributed by atoms with Crippen molar-refractivity contribution >= 4 is 11.7 Å². The third-order valence-corrected chi connectivity index (χ3v) is 4.47. The Balaban J connectivity index is 2.23. The molecule has 0 radical (unpaired) electrons. The standard InChI is InChI=1S/C16H23NO3/c1-10(11(2)16(19)20)15(18)13-6-7-14-12(9-13)5-4-8-17(14)3/h6-7,9-11,15,18H,4-5,8H2,1-3H3,(H,19,20). The van der Waals surface area contributed by atoms with E-state index in [4.69, 9.17) is 5.11 Å². The van der Waals surface area contributed by atoms with Crippen LogP contribution in [0.2, 0.25) is 0 Å². The van der Waals surface area contributed by atoms with Crippen molar-refractivity contribution in [1.82, 2.24) is 0 Å². The first-order valence-electron chi connectivity index (χ1n) is 7.16. The number of fused-ring (bicyclic) bond motifs is 1. The molecule has 2 N–H and O–H groups in total. The average Bonchev–Trinajstić information content (AvgIpc) is 2.44. The van der Waals surface area contributed by atoms with E-state index in [9.17, 15) is 9.90 Å². The number of aryl methyl sites for hydroxylation is 1. The number of nitrogens with zero attached hydrogens (tertiary/aromatic N) is 1. The van der Waals surface area contributed by atoms with Crippen LogP contribution in [-0.4, -0.2) is 29.8 Å². The highest BCUT2D eigenvalue weighted by molar-refractivity contribution is 5.70. The molecule has 2 rings (SSSR count). The number of aliphatic carboxylic acids is 1. The van der Waals surface area contributed by atoms with Gasteiger partial charge in [0.25, 0.3) is 0 Å². The van der Waals surface area contributed by atoms with E-state index in [0.29, 0.717) is 0 Å². The molecule has 0 saturated heterocycles. The average molecular weight is 277 g/mol. The molecule has 1 heterocycles. The summed E-state index contributed by atoms with van der Waals surface area (Å²) in [6.07, 6.45) is 1.39. The number of aliphatic hydroxyl groups excluding tert-OH is 1. The third kappa shape index (κ3) is 2.80. The van der Waals surface area contributed by atoms with Gasteiger partial charge in [-0.2, -0.15) is 0 Å². The Morgan fingerprint density at radius 2 is 2.05 bits per heavy atom. The molecule has 3 atom stereocenters. The monoisotopic (exact) mass is 277 g/mol. The Hall–Kier alpha value is -1.55. The normalized spacial score (nSPS) is 19.1. The Labute approximate surface area is 120 Å². The van der Waals surface area contributed by atoms with Crippen LogP contribution in [0.25, 0.3) is 0 Å². The first kappa shape index (κ1) is 14.9. The number of anilines is 1. The third-order valence-electron chi connectivity index (χ3n) is 4.47. The van der Waals surface area contributed by atoms with Crippen LogP contribution in [0.4, 0.5) is 5.69 Å². The second-order valence-electron chi connectivity index (χ2n) is 5.84. The van der Waals surface area contributed by atoms with Crippen LogP contribution < -0.4 is 4.90 Å². The highest BCUT2D eigenvalue weighted by Gasteiger charge is 2.27. The van der Waals surface area contributed by atoms with Crippen LogP contribution >= 0.6 is 0 Å². The number of carbonyl (C=O) groups is 1. The van der Waals surface area contributed by atoms with Crippen molar-refractivity contribution < 1.29 is 15.0 Å². The highest BCUT2D eigenvalue weighted by atomic mass is 16.4. The lowest BCUT2D eigenvalue weighted by Crippen LogP contribution is -2.26. The molecule has 1 aliphatic heterocycles. The minimum atomic E-state index is -0.866. The molecule has 3 unspecified atom stereocenters. The number of carboxylic acid groups (broad SMARTS) is 1.